The van der Waals surface area contributed by atoms with E-state index in [2.05, 4.69) is 10.4 Å². The lowest BCUT2D eigenvalue weighted by molar-refractivity contribution is -0.173. The van der Waals surface area contributed by atoms with Crippen LogP contribution in [-0.2, 0) is 0 Å². The Bertz CT molecular complexity index is 915. The van der Waals surface area contributed by atoms with Gasteiger partial charge in [-0.3, -0.25) is 4.79 Å². The largest absolute Gasteiger partial charge is 0.410 e. The Balaban J connectivity index is 1.72. The normalized spacial score (nSPS) is 24.3. The zero-order valence-electron chi connectivity index (χ0n) is 16.6. The van der Waals surface area contributed by atoms with Gasteiger partial charge in [-0.1, -0.05) is 48.9 Å². The number of aromatic nitrogens is 2. The van der Waals surface area contributed by atoms with Crippen LogP contribution < -0.4 is 5.32 Å². The molecule has 4 rings (SSSR count). The maximum absolute atomic E-state index is 13.9. The van der Waals surface area contributed by atoms with Gasteiger partial charge >= 0.3 is 6.18 Å². The molecular formula is C21H24ClF3N4O. The monoisotopic (exact) mass is 440 g/mol. The Morgan fingerprint density at radius 1 is 1.27 bits per heavy atom. The number of amides is 1. The Morgan fingerprint density at radius 2 is 2.00 bits per heavy atom. The van der Waals surface area contributed by atoms with E-state index in [4.69, 9.17) is 11.6 Å². The highest BCUT2D eigenvalue weighted by molar-refractivity contribution is 6.36. The molecule has 5 nitrogen and oxygen atoms in total. The molecule has 3 heterocycles. The Labute approximate surface area is 178 Å². The van der Waals surface area contributed by atoms with Crippen molar-refractivity contribution in [1.29, 1.82) is 0 Å². The van der Waals surface area contributed by atoms with Crippen LogP contribution in [0.1, 0.15) is 67.2 Å². The lowest BCUT2D eigenvalue weighted by Crippen LogP contribution is -2.43. The van der Waals surface area contributed by atoms with Crippen molar-refractivity contribution < 1.29 is 18.0 Å². The standard InChI is InChI=1S/C21H24ClF3N4O/c1-2-14-10-6-7-11-28(14)20(30)18-17(22)19-26-15(13-8-4-3-5-9-13)12-16(21(23,24)25)29(19)27-18/h3-5,8-9,14-16,26H,2,6-7,10-12H2,1H3/t14-,15+,16+/m0/s1. The van der Waals surface area contributed by atoms with E-state index in [1.807, 2.05) is 13.0 Å². The number of nitrogens with zero attached hydrogens (tertiary/aromatic N) is 3. The van der Waals surface area contributed by atoms with Crippen LogP contribution in [0.2, 0.25) is 5.02 Å². The molecule has 1 saturated heterocycles. The maximum Gasteiger partial charge on any atom is 0.410 e. The van der Waals surface area contributed by atoms with Gasteiger partial charge in [0.05, 0.1) is 6.04 Å². The van der Waals surface area contributed by atoms with Crippen molar-refractivity contribution in [1.82, 2.24) is 14.7 Å². The lowest BCUT2D eigenvalue weighted by atomic mass is 9.97. The van der Waals surface area contributed by atoms with Crippen molar-refractivity contribution in [2.24, 2.45) is 0 Å². The van der Waals surface area contributed by atoms with Gasteiger partial charge in [-0.2, -0.15) is 18.3 Å². The summed E-state index contributed by atoms with van der Waals surface area (Å²) in [6.45, 7) is 2.57. The van der Waals surface area contributed by atoms with E-state index in [1.165, 1.54) is 0 Å². The van der Waals surface area contributed by atoms with Gasteiger partial charge in [-0.15, -0.1) is 0 Å². The molecule has 162 valence electrons. The predicted molar refractivity (Wildman–Crippen MR) is 109 cm³/mol. The van der Waals surface area contributed by atoms with Gasteiger partial charge in [-0.05, 0) is 31.2 Å². The fourth-order valence-electron chi connectivity index (χ4n) is 4.46. The number of carbonyl (C=O) groups is 1. The van der Waals surface area contributed by atoms with E-state index >= 15 is 0 Å². The first-order chi connectivity index (χ1) is 14.3. The van der Waals surface area contributed by atoms with Crippen molar-refractivity contribution in [3.8, 4) is 0 Å². The fraction of sp³-hybridized carbons (Fsp3) is 0.524. The highest BCUT2D eigenvalue weighted by atomic mass is 35.5. The number of carbonyl (C=O) groups excluding carboxylic acids is 1. The van der Waals surface area contributed by atoms with Crippen molar-refractivity contribution >= 4 is 23.3 Å². The molecule has 2 aliphatic rings. The number of rotatable bonds is 3. The van der Waals surface area contributed by atoms with Crippen molar-refractivity contribution in [3.05, 3.63) is 46.6 Å². The van der Waals surface area contributed by atoms with E-state index < -0.39 is 24.2 Å². The molecule has 1 aromatic carbocycles. The van der Waals surface area contributed by atoms with Gasteiger partial charge in [-0.25, -0.2) is 4.68 Å². The van der Waals surface area contributed by atoms with Crippen molar-refractivity contribution in [2.75, 3.05) is 11.9 Å². The molecule has 30 heavy (non-hydrogen) atoms. The van der Waals surface area contributed by atoms with Gasteiger partial charge in [0, 0.05) is 19.0 Å². The quantitative estimate of drug-likeness (QED) is 0.675. The first-order valence-electron chi connectivity index (χ1n) is 10.3. The van der Waals surface area contributed by atoms with Gasteiger partial charge < -0.3 is 10.2 Å². The summed E-state index contributed by atoms with van der Waals surface area (Å²) in [5, 5.41) is 7.12. The number of likely N-dealkylation sites (tertiary alicyclic amines) is 1. The molecular weight excluding hydrogens is 417 g/mol. The highest BCUT2D eigenvalue weighted by Gasteiger charge is 2.48. The number of hydrogen-bond acceptors (Lipinski definition) is 3. The highest BCUT2D eigenvalue weighted by Crippen LogP contribution is 2.46. The van der Waals surface area contributed by atoms with E-state index in [1.54, 1.807) is 29.2 Å². The molecule has 3 atom stereocenters. The number of piperidine rings is 1. The summed E-state index contributed by atoms with van der Waals surface area (Å²) in [4.78, 5) is 14.9. The summed E-state index contributed by atoms with van der Waals surface area (Å²) < 4.78 is 42.5. The van der Waals surface area contributed by atoms with Crippen LogP contribution in [0.25, 0.3) is 0 Å². The van der Waals surface area contributed by atoms with Crippen LogP contribution in [0.5, 0.6) is 0 Å². The second kappa shape index (κ2) is 8.13. The van der Waals surface area contributed by atoms with Crippen LogP contribution in [0.3, 0.4) is 0 Å². The molecule has 0 saturated carbocycles. The number of hydrogen-bond donors (Lipinski definition) is 1. The molecule has 2 aromatic rings. The van der Waals surface area contributed by atoms with Crippen LogP contribution >= 0.6 is 11.6 Å². The van der Waals surface area contributed by atoms with Crippen LogP contribution in [0.4, 0.5) is 19.0 Å². The fourth-order valence-corrected chi connectivity index (χ4v) is 4.72. The first kappa shape index (κ1) is 21.0. The van der Waals surface area contributed by atoms with Crippen molar-refractivity contribution in [3.63, 3.8) is 0 Å². The molecule has 0 bridgehead atoms. The van der Waals surface area contributed by atoms with Crippen LogP contribution in [0.15, 0.2) is 30.3 Å². The van der Waals surface area contributed by atoms with Crippen LogP contribution in [0, 0.1) is 0 Å². The summed E-state index contributed by atoms with van der Waals surface area (Å²) in [6.07, 6.45) is -1.17. The molecule has 1 N–H and O–H groups in total. The third-order valence-electron chi connectivity index (χ3n) is 6.06. The number of alkyl halides is 3. The molecule has 9 heteroatoms. The topological polar surface area (TPSA) is 50.2 Å². The van der Waals surface area contributed by atoms with E-state index in [0.717, 1.165) is 35.9 Å². The Morgan fingerprint density at radius 3 is 2.67 bits per heavy atom. The van der Waals surface area contributed by atoms with Crippen molar-refractivity contribution in [2.45, 2.75) is 63.3 Å². The number of benzene rings is 1. The first-order valence-corrected chi connectivity index (χ1v) is 10.7. The van der Waals surface area contributed by atoms with E-state index in [-0.39, 0.29) is 29.0 Å². The average Bonchev–Trinajstić information content (AvgIpc) is 3.09. The zero-order valence-corrected chi connectivity index (χ0v) is 17.4. The van der Waals surface area contributed by atoms with E-state index in [0.29, 0.717) is 6.54 Å². The van der Waals surface area contributed by atoms with E-state index in [9.17, 15) is 18.0 Å². The minimum absolute atomic E-state index is 0.0460. The minimum atomic E-state index is -4.52. The molecule has 1 fully saturated rings. The molecule has 1 amide bonds. The smallest absolute Gasteiger partial charge is 0.362 e. The van der Waals surface area contributed by atoms with Gasteiger partial charge in [0.1, 0.15) is 10.8 Å². The second-order valence-corrected chi connectivity index (χ2v) is 8.29. The number of fused-ring (bicyclic) bond motifs is 1. The molecule has 0 radical (unpaired) electrons. The number of halogens is 4. The molecule has 0 spiro atoms. The second-order valence-electron chi connectivity index (χ2n) is 7.91. The molecule has 2 aliphatic heterocycles. The summed E-state index contributed by atoms with van der Waals surface area (Å²) in [5.74, 6) is -0.347. The average molecular weight is 441 g/mol. The van der Waals surface area contributed by atoms with Gasteiger partial charge in [0.15, 0.2) is 11.7 Å². The molecule has 0 aliphatic carbocycles. The maximum atomic E-state index is 13.9. The van der Waals surface area contributed by atoms with Gasteiger partial charge in [0.25, 0.3) is 5.91 Å². The third kappa shape index (κ3) is 3.77. The Kier molecular flexibility index (Phi) is 5.70. The summed E-state index contributed by atoms with van der Waals surface area (Å²) >= 11 is 6.45. The summed E-state index contributed by atoms with van der Waals surface area (Å²) in [6, 6.07) is 6.54. The zero-order chi connectivity index (χ0) is 21.5. The summed E-state index contributed by atoms with van der Waals surface area (Å²) in [5.41, 5.74) is 0.618. The SMILES string of the molecule is CC[C@H]1CCCCN1C(=O)c1nn2c(c1Cl)N[C@@H](c1ccccc1)C[C@@H]2C(F)(F)F. The van der Waals surface area contributed by atoms with Crippen LogP contribution in [-0.4, -0.2) is 39.4 Å². The minimum Gasteiger partial charge on any atom is -0.362 e. The molecule has 1 aromatic heterocycles. The third-order valence-corrected chi connectivity index (χ3v) is 6.42. The number of anilines is 1. The van der Waals surface area contributed by atoms with Gasteiger partial charge in [0.2, 0.25) is 0 Å². The molecule has 0 unspecified atom stereocenters. The Hall–Kier alpha value is -2.22. The number of nitrogens with one attached hydrogen (secondary N) is 1. The predicted octanol–water partition coefficient (Wildman–Crippen LogP) is 5.60. The lowest BCUT2D eigenvalue weighted by Gasteiger charge is -2.34. The summed E-state index contributed by atoms with van der Waals surface area (Å²) in [7, 11) is 0.